The number of primary amides is 1. The number of nitrogens with one attached hydrogen (secondary N) is 1. The Morgan fingerprint density at radius 3 is 1.92 bits per heavy atom. The van der Waals surface area contributed by atoms with Gasteiger partial charge >= 0.3 is 0 Å². The van der Waals surface area contributed by atoms with E-state index in [0.29, 0.717) is 6.61 Å². The van der Waals surface area contributed by atoms with E-state index in [-0.39, 0.29) is 29.7 Å². The lowest BCUT2D eigenvalue weighted by atomic mass is 9.80. The van der Waals surface area contributed by atoms with Gasteiger partial charge in [-0.2, -0.15) is 5.10 Å². The van der Waals surface area contributed by atoms with Gasteiger partial charge in [-0.05, 0) is 43.0 Å². The zero-order valence-corrected chi connectivity index (χ0v) is 22.1. The molecule has 7 nitrogen and oxygen atoms in total. The molecule has 2 fully saturated rings. The second-order valence-corrected chi connectivity index (χ2v) is 10.8. The summed E-state index contributed by atoms with van der Waals surface area (Å²) in [6.45, 7) is 4.31. The molecule has 3 aromatic carbocycles. The monoisotopic (exact) mass is 523 g/mol. The van der Waals surface area contributed by atoms with Crippen molar-refractivity contribution in [3.63, 3.8) is 0 Å². The van der Waals surface area contributed by atoms with E-state index >= 15 is 0 Å². The minimum absolute atomic E-state index is 0.0365. The van der Waals surface area contributed by atoms with E-state index < -0.39 is 17.3 Å². The van der Waals surface area contributed by atoms with Gasteiger partial charge in [0, 0.05) is 17.5 Å². The molecule has 1 saturated carbocycles. The van der Waals surface area contributed by atoms with Crippen LogP contribution in [0.3, 0.4) is 0 Å². The summed E-state index contributed by atoms with van der Waals surface area (Å²) in [5, 5.41) is 7.13. The molecule has 6 rings (SSSR count). The van der Waals surface area contributed by atoms with Gasteiger partial charge < -0.3 is 19.9 Å². The molecule has 4 atom stereocenters. The number of hydrogen-bond acceptors (Lipinski definition) is 5. The molecule has 4 aromatic rings. The number of benzene rings is 3. The van der Waals surface area contributed by atoms with Crippen LogP contribution in [0.4, 0.5) is 0 Å². The second kappa shape index (κ2) is 10.1. The van der Waals surface area contributed by atoms with Crippen LogP contribution in [0.1, 0.15) is 59.1 Å². The molecule has 3 N–H and O–H groups in total. The molecule has 7 heteroatoms. The molecule has 0 spiro atoms. The maximum atomic E-state index is 11.7. The van der Waals surface area contributed by atoms with E-state index in [4.69, 9.17) is 19.9 Å². The van der Waals surface area contributed by atoms with Crippen molar-refractivity contribution in [1.29, 1.82) is 0 Å². The first-order valence-electron chi connectivity index (χ1n) is 13.4. The number of H-pyrrole nitrogens is 1. The van der Waals surface area contributed by atoms with Gasteiger partial charge in [0.15, 0.2) is 5.79 Å². The third-order valence-corrected chi connectivity index (χ3v) is 7.89. The van der Waals surface area contributed by atoms with Crippen molar-refractivity contribution in [1.82, 2.24) is 10.2 Å². The molecule has 200 valence electrons. The highest BCUT2D eigenvalue weighted by atomic mass is 16.8. The Morgan fingerprint density at radius 2 is 1.44 bits per heavy atom. The van der Waals surface area contributed by atoms with E-state index in [2.05, 4.69) is 46.6 Å². The summed E-state index contributed by atoms with van der Waals surface area (Å²) in [6, 6.07) is 32.8. The van der Waals surface area contributed by atoms with Crippen LogP contribution in [0, 0.1) is 5.92 Å². The SMILES string of the molecule is CC1(C)O[C@@H]2[C@@H](COC(c3ccccc3)(c3ccccc3)c3ccccc3)C[C@@H](c3cc(C(N)=O)n[nH]3)[C@@H]2O1. The van der Waals surface area contributed by atoms with Gasteiger partial charge in [-0.15, -0.1) is 0 Å². The van der Waals surface area contributed by atoms with Crippen LogP contribution in [0.15, 0.2) is 97.1 Å². The topological polar surface area (TPSA) is 99.5 Å². The van der Waals surface area contributed by atoms with Crippen LogP contribution in [0.5, 0.6) is 0 Å². The zero-order valence-electron chi connectivity index (χ0n) is 22.1. The summed E-state index contributed by atoms with van der Waals surface area (Å²) in [4.78, 5) is 11.7. The summed E-state index contributed by atoms with van der Waals surface area (Å²) in [6.07, 6.45) is 0.375. The molecule has 39 heavy (non-hydrogen) atoms. The minimum atomic E-state index is -0.820. The highest BCUT2D eigenvalue weighted by Gasteiger charge is 2.55. The molecular weight excluding hydrogens is 490 g/mol. The fourth-order valence-electron chi connectivity index (χ4n) is 6.21. The molecule has 0 radical (unpaired) electrons. The first kappa shape index (κ1) is 25.5. The third-order valence-electron chi connectivity index (χ3n) is 7.89. The van der Waals surface area contributed by atoms with Crippen molar-refractivity contribution >= 4 is 5.91 Å². The molecule has 2 heterocycles. The number of carbonyl (C=O) groups excluding carboxylic acids is 1. The Labute approximate surface area is 228 Å². The maximum absolute atomic E-state index is 11.7. The Bertz CT molecular complexity index is 1320. The number of ether oxygens (including phenoxy) is 3. The first-order valence-corrected chi connectivity index (χ1v) is 13.4. The number of aromatic nitrogens is 2. The van der Waals surface area contributed by atoms with E-state index in [1.807, 2.05) is 68.4 Å². The summed E-state index contributed by atoms with van der Waals surface area (Å²) in [5.41, 5.74) is 8.85. The summed E-state index contributed by atoms with van der Waals surface area (Å²) < 4.78 is 20.0. The largest absolute Gasteiger partial charge is 0.364 e. The van der Waals surface area contributed by atoms with Gasteiger partial charge in [0.1, 0.15) is 11.3 Å². The zero-order chi connectivity index (χ0) is 27.0. The second-order valence-electron chi connectivity index (χ2n) is 10.8. The average Bonchev–Trinajstić information content (AvgIpc) is 3.65. The minimum Gasteiger partial charge on any atom is -0.364 e. The predicted octanol–water partition coefficient (Wildman–Crippen LogP) is 5.14. The number of hydrogen-bond donors (Lipinski definition) is 2. The molecule has 0 unspecified atom stereocenters. The van der Waals surface area contributed by atoms with Crippen molar-refractivity contribution in [2.24, 2.45) is 11.7 Å². The van der Waals surface area contributed by atoms with E-state index in [0.717, 1.165) is 28.8 Å². The summed E-state index contributed by atoms with van der Waals surface area (Å²) >= 11 is 0. The quantitative estimate of drug-likeness (QED) is 0.312. The standard InChI is InChI=1S/C32H33N3O4/c1-31(2)38-28-21(18-25(29(28)39-31)26-19-27(30(33)36)35-34-26)20-37-32(22-12-6-3-7-13-22,23-14-8-4-9-15-23)24-16-10-5-11-17-24/h3-17,19,21,25,28-29H,18,20H2,1-2H3,(H2,33,36)(H,34,35)/t21-,25+,28-,29+/m1/s1. The van der Waals surface area contributed by atoms with Gasteiger partial charge in [-0.3, -0.25) is 9.89 Å². The predicted molar refractivity (Wildman–Crippen MR) is 147 cm³/mol. The highest BCUT2D eigenvalue weighted by Crippen LogP contribution is 2.50. The lowest BCUT2D eigenvalue weighted by Crippen LogP contribution is -2.37. The van der Waals surface area contributed by atoms with E-state index in [9.17, 15) is 4.79 Å². The Morgan fingerprint density at radius 1 is 0.923 bits per heavy atom. The first-order chi connectivity index (χ1) is 18.9. The van der Waals surface area contributed by atoms with Gasteiger partial charge in [0.05, 0.1) is 18.8 Å². The number of aromatic amines is 1. The Balaban J connectivity index is 1.38. The van der Waals surface area contributed by atoms with Crippen LogP contribution in [-0.4, -0.2) is 40.7 Å². The van der Waals surface area contributed by atoms with Gasteiger partial charge in [0.2, 0.25) is 0 Å². The van der Waals surface area contributed by atoms with Crippen molar-refractivity contribution in [3.8, 4) is 0 Å². The molecule has 1 amide bonds. The fourth-order valence-corrected chi connectivity index (χ4v) is 6.21. The van der Waals surface area contributed by atoms with Crippen molar-refractivity contribution in [2.75, 3.05) is 6.61 Å². The molecule has 1 aliphatic carbocycles. The molecular formula is C32H33N3O4. The number of nitrogens with two attached hydrogens (primary N) is 1. The molecule has 1 aromatic heterocycles. The van der Waals surface area contributed by atoms with Crippen LogP contribution in [-0.2, 0) is 19.8 Å². The Kier molecular flexibility index (Phi) is 6.59. The van der Waals surface area contributed by atoms with E-state index in [1.54, 1.807) is 6.07 Å². The Hall–Kier alpha value is -3.78. The smallest absolute Gasteiger partial charge is 0.269 e. The summed E-state index contributed by atoms with van der Waals surface area (Å²) in [7, 11) is 0. The van der Waals surface area contributed by atoms with Gasteiger partial charge in [0.25, 0.3) is 5.91 Å². The van der Waals surface area contributed by atoms with Crippen LogP contribution < -0.4 is 5.73 Å². The lowest BCUT2D eigenvalue weighted by Gasteiger charge is -2.37. The maximum Gasteiger partial charge on any atom is 0.269 e. The number of fused-ring (bicyclic) bond motifs is 1. The fraction of sp³-hybridized carbons (Fsp3) is 0.312. The normalized spacial score (nSPS) is 23.9. The number of rotatable bonds is 8. The van der Waals surface area contributed by atoms with Crippen molar-refractivity contribution in [2.45, 2.75) is 49.8 Å². The van der Waals surface area contributed by atoms with E-state index in [1.165, 1.54) is 0 Å². The van der Waals surface area contributed by atoms with Crippen molar-refractivity contribution < 1.29 is 19.0 Å². The van der Waals surface area contributed by atoms with Crippen LogP contribution in [0.2, 0.25) is 0 Å². The lowest BCUT2D eigenvalue weighted by molar-refractivity contribution is -0.162. The number of nitrogens with zero attached hydrogens (tertiary/aromatic N) is 1. The van der Waals surface area contributed by atoms with Crippen LogP contribution >= 0.6 is 0 Å². The number of amides is 1. The highest BCUT2D eigenvalue weighted by molar-refractivity contribution is 5.90. The molecule has 0 bridgehead atoms. The number of carbonyl (C=O) groups is 1. The molecule has 1 aliphatic heterocycles. The molecule has 2 aliphatic rings. The van der Waals surface area contributed by atoms with Crippen molar-refractivity contribution in [3.05, 3.63) is 125 Å². The average molecular weight is 524 g/mol. The van der Waals surface area contributed by atoms with Gasteiger partial charge in [-0.1, -0.05) is 91.0 Å². The molecule has 1 saturated heterocycles. The third kappa shape index (κ3) is 4.67. The van der Waals surface area contributed by atoms with Gasteiger partial charge in [-0.25, -0.2) is 0 Å². The summed E-state index contributed by atoms with van der Waals surface area (Å²) in [5.74, 6) is -1.29. The van der Waals surface area contributed by atoms with Crippen LogP contribution in [0.25, 0.3) is 0 Å².